The lowest BCUT2D eigenvalue weighted by molar-refractivity contribution is -0.166. The normalized spacial score (nSPS) is 26.1. The number of aromatic nitrogens is 1. The number of aliphatic hydroxyl groups is 3. The van der Waals surface area contributed by atoms with E-state index in [1.165, 1.54) is 23.1 Å². The predicted octanol–water partition coefficient (Wildman–Crippen LogP) is 11.6. The van der Waals surface area contributed by atoms with E-state index in [0.29, 0.717) is 69.6 Å². The monoisotopic (exact) mass is 1160 g/mol. The summed E-state index contributed by atoms with van der Waals surface area (Å²) in [7, 11) is 1.68. The zero-order valence-corrected chi connectivity index (χ0v) is 49.8. The highest BCUT2D eigenvalue weighted by molar-refractivity contribution is 5.89. The van der Waals surface area contributed by atoms with E-state index >= 15 is 0 Å². The molecule has 8 aliphatic rings. The van der Waals surface area contributed by atoms with Gasteiger partial charge in [0.05, 0.1) is 37.8 Å². The van der Waals surface area contributed by atoms with Gasteiger partial charge < -0.3 is 59.5 Å². The van der Waals surface area contributed by atoms with Crippen LogP contribution in [-0.4, -0.2) is 92.8 Å². The number of hydrogen-bond donors (Lipinski definition) is 8. The van der Waals surface area contributed by atoms with Crippen LogP contribution < -0.4 is 15.4 Å². The van der Waals surface area contributed by atoms with Gasteiger partial charge >= 0.3 is 0 Å². The SMILES string of the molecule is COCNC1C=C2C#CC(CCc3ccc(O)c(Cc4cccc(O)c4)c3)CCCC3CC(O)C4Cc5c(CO)cc(O)c(c5C(CCCO)C4)OCc4cc(C56CCOC7(CCCCC7)C5CCc5ccccc56)cc5cn(cc45)C(=C2CO3)N1. The van der Waals surface area contributed by atoms with Crippen LogP contribution in [0, 0.1) is 29.6 Å². The van der Waals surface area contributed by atoms with E-state index in [2.05, 4.69) is 88.0 Å². The van der Waals surface area contributed by atoms with Gasteiger partial charge in [0.25, 0.3) is 0 Å². The molecule has 1 saturated heterocycles. The summed E-state index contributed by atoms with van der Waals surface area (Å²) in [6, 6.07) is 28.7. The standard InChI is InChI=1S/C73H85N3O10/c1-83-45-74-68-38-50-21-19-46(17-18-47-20-23-64(80)52(30-47)31-48-11-7-14-58(79)32-48)10-8-15-59-39-65(81)53-33-51(13-9-28-77)69-60(36-53)55(42-78)37-66(82)70(69)85-43-56-35-57(34-54-40-76(41-61(54)56)71(75-68)62(50)44-84-59)73-27-29-86-72(25-5-2-6-26-72)67(73)24-22-49-12-3-4-16-63(49)73/h3-4,7,11-12,14,16,20,23,30,32,34-35,37-38,40-41,46,51,53,59,65,67-68,74-75,77-82H,2,5-6,8-10,13,15,17-18,22,24-29,31,33,36,39,42-45H2,1H3. The molecule has 1 spiro atoms. The van der Waals surface area contributed by atoms with E-state index in [-0.39, 0.29) is 90.6 Å². The largest absolute Gasteiger partial charge is 0.508 e. The van der Waals surface area contributed by atoms with Crippen LogP contribution in [0.3, 0.4) is 0 Å². The van der Waals surface area contributed by atoms with Crippen LogP contribution in [0.1, 0.15) is 158 Å². The fourth-order valence-corrected chi connectivity index (χ4v) is 16.6. The fourth-order valence-electron chi connectivity index (χ4n) is 16.6. The first-order valence-corrected chi connectivity index (χ1v) is 32.0. The van der Waals surface area contributed by atoms with Crippen molar-refractivity contribution < 1.29 is 49.6 Å². The fraction of sp³-hybridized carbons (Fsp3) is 0.479. The Hall–Kier alpha value is -6.60. The second-order valence-corrected chi connectivity index (χ2v) is 25.9. The minimum absolute atomic E-state index is 0.00414. The minimum atomic E-state index is -0.751. The first kappa shape index (κ1) is 58.4. The van der Waals surface area contributed by atoms with Gasteiger partial charge in [0.15, 0.2) is 11.5 Å². The van der Waals surface area contributed by atoms with Gasteiger partial charge in [-0.25, -0.2) is 0 Å². The molecule has 14 rings (SSSR count). The molecular formula is C73H85N3O10. The molecule has 13 heteroatoms. The number of fused-ring (bicyclic) bond motifs is 7. The van der Waals surface area contributed by atoms with E-state index in [9.17, 15) is 30.6 Å². The van der Waals surface area contributed by atoms with E-state index < -0.39 is 6.10 Å². The third-order valence-electron chi connectivity index (χ3n) is 20.8. The molecule has 5 aliphatic heterocycles. The second kappa shape index (κ2) is 25.2. The maximum Gasteiger partial charge on any atom is 0.165 e. The number of phenolic OH excluding ortho intramolecular Hbond substituents is 3. The summed E-state index contributed by atoms with van der Waals surface area (Å²) in [5.41, 5.74) is 11.5. The first-order chi connectivity index (χ1) is 42.0. The Morgan fingerprint density at radius 2 is 1.71 bits per heavy atom. The highest BCUT2D eigenvalue weighted by Crippen LogP contribution is 2.60. The third kappa shape index (κ3) is 11.5. The average Bonchev–Trinajstić information content (AvgIpc) is 1.08. The molecule has 8 N–H and O–H groups in total. The molecule has 8 bridgehead atoms. The maximum atomic E-state index is 12.7. The quantitative estimate of drug-likeness (QED) is 0.0405. The molecule has 6 aromatic rings. The summed E-state index contributed by atoms with van der Waals surface area (Å²) < 4.78 is 29.3. The number of ether oxygens (including phenoxy) is 4. The predicted molar refractivity (Wildman–Crippen MR) is 333 cm³/mol. The molecule has 0 amide bonds. The van der Waals surface area contributed by atoms with Gasteiger partial charge in [0.2, 0.25) is 0 Å². The molecule has 86 heavy (non-hydrogen) atoms. The van der Waals surface area contributed by atoms with Crippen LogP contribution in [0.5, 0.6) is 23.0 Å². The van der Waals surface area contributed by atoms with E-state index in [1.54, 1.807) is 31.4 Å². The van der Waals surface area contributed by atoms with Crippen molar-refractivity contribution in [2.75, 3.05) is 33.7 Å². The number of nitrogens with zero attached hydrogens (tertiary/aromatic N) is 1. The van der Waals surface area contributed by atoms with E-state index in [0.717, 1.165) is 132 Å². The highest BCUT2D eigenvalue weighted by Gasteiger charge is 2.58. The van der Waals surface area contributed by atoms with Crippen molar-refractivity contribution in [1.82, 2.24) is 15.2 Å². The molecule has 1 saturated carbocycles. The number of rotatable bonds is 13. The molecule has 3 aliphatic carbocycles. The van der Waals surface area contributed by atoms with Gasteiger partial charge in [-0.05, 0) is 195 Å². The van der Waals surface area contributed by atoms with Gasteiger partial charge in [-0.15, -0.1) is 0 Å². The van der Waals surface area contributed by atoms with Crippen LogP contribution in [0.15, 0.2) is 115 Å². The van der Waals surface area contributed by atoms with Crippen molar-refractivity contribution in [2.45, 2.75) is 171 Å². The smallest absolute Gasteiger partial charge is 0.165 e. The lowest BCUT2D eigenvalue weighted by Gasteiger charge is -2.59. The number of aryl methyl sites for hydroxylation is 2. The first-order valence-electron chi connectivity index (χ1n) is 32.0. The van der Waals surface area contributed by atoms with Gasteiger partial charge in [-0.2, -0.15) is 0 Å². The molecule has 6 heterocycles. The topological polar surface area (TPSA) is 187 Å². The number of nitrogens with one attached hydrogen (secondary N) is 2. The minimum Gasteiger partial charge on any atom is -0.508 e. The number of dihydropyridines is 1. The van der Waals surface area contributed by atoms with Crippen molar-refractivity contribution >= 4 is 16.6 Å². The Morgan fingerprint density at radius 3 is 2.56 bits per heavy atom. The summed E-state index contributed by atoms with van der Waals surface area (Å²) in [5, 5.41) is 76.9. The van der Waals surface area contributed by atoms with Crippen LogP contribution in [-0.2, 0) is 58.5 Å². The molecular weight excluding hydrogens is 1080 g/mol. The van der Waals surface area contributed by atoms with Crippen LogP contribution in [0.4, 0.5) is 0 Å². The molecule has 1 aromatic heterocycles. The zero-order chi connectivity index (χ0) is 58.9. The number of benzene rings is 5. The Labute approximate surface area is 506 Å². The van der Waals surface area contributed by atoms with Crippen molar-refractivity contribution in [3.8, 4) is 34.8 Å². The van der Waals surface area contributed by atoms with E-state index in [1.807, 2.05) is 18.2 Å². The van der Waals surface area contributed by atoms with Crippen LogP contribution >= 0.6 is 0 Å². The van der Waals surface area contributed by atoms with Crippen molar-refractivity contribution in [2.24, 2.45) is 17.8 Å². The van der Waals surface area contributed by atoms with Crippen molar-refractivity contribution in [3.63, 3.8) is 0 Å². The van der Waals surface area contributed by atoms with Crippen LogP contribution in [0.2, 0.25) is 0 Å². The number of aliphatic hydroxyl groups excluding tert-OH is 3. The van der Waals surface area contributed by atoms with Gasteiger partial charge in [0, 0.05) is 83.9 Å². The summed E-state index contributed by atoms with van der Waals surface area (Å²) >= 11 is 0. The van der Waals surface area contributed by atoms with Gasteiger partial charge in [0.1, 0.15) is 30.1 Å². The highest BCUT2D eigenvalue weighted by atomic mass is 16.5. The summed E-state index contributed by atoms with van der Waals surface area (Å²) in [6.45, 7) is 1.08. The lowest BCUT2D eigenvalue weighted by Crippen LogP contribution is -2.59. The van der Waals surface area contributed by atoms with Crippen molar-refractivity contribution in [3.05, 3.63) is 170 Å². The summed E-state index contributed by atoms with van der Waals surface area (Å²) in [6.07, 6.45) is 20.8. The number of hydrogen-bond acceptors (Lipinski definition) is 12. The Balaban J connectivity index is 0.966. The zero-order valence-electron chi connectivity index (χ0n) is 49.8. The Morgan fingerprint density at radius 1 is 0.826 bits per heavy atom. The second-order valence-electron chi connectivity index (χ2n) is 25.9. The van der Waals surface area contributed by atoms with Gasteiger partial charge in [-0.3, -0.25) is 5.32 Å². The summed E-state index contributed by atoms with van der Waals surface area (Å²) in [4.78, 5) is 0. The Kier molecular flexibility index (Phi) is 17.1. The number of aromatic hydroxyl groups is 3. The third-order valence-corrected chi connectivity index (χ3v) is 20.8. The molecule has 8 unspecified atom stereocenters. The maximum absolute atomic E-state index is 12.7. The average molecular weight is 1160 g/mol. The lowest BCUT2D eigenvalue weighted by atomic mass is 9.51. The molecule has 2 fully saturated rings. The Bertz CT molecular complexity index is 3580. The molecule has 5 aromatic carbocycles. The summed E-state index contributed by atoms with van der Waals surface area (Å²) in [5.74, 6) is 9.11. The van der Waals surface area contributed by atoms with Gasteiger partial charge in [-0.1, -0.05) is 85.7 Å². The molecule has 0 radical (unpaired) electrons. The van der Waals surface area contributed by atoms with Crippen molar-refractivity contribution in [1.29, 1.82) is 0 Å². The molecule has 452 valence electrons. The number of methoxy groups -OCH3 is 1. The molecule has 13 nitrogen and oxygen atoms in total. The van der Waals surface area contributed by atoms with E-state index in [4.69, 9.17) is 18.9 Å². The van der Waals surface area contributed by atoms with Crippen LogP contribution in [0.25, 0.3) is 16.6 Å². The molecule has 8 atom stereocenters. The number of phenols is 3.